The number of halogens is 2. The van der Waals surface area contributed by atoms with Gasteiger partial charge in [-0.1, -0.05) is 36.6 Å². The van der Waals surface area contributed by atoms with Crippen molar-refractivity contribution in [2.75, 3.05) is 6.61 Å². The summed E-state index contributed by atoms with van der Waals surface area (Å²) in [5.74, 6) is -0.342. The molecule has 0 spiro atoms. The van der Waals surface area contributed by atoms with Gasteiger partial charge in [-0.2, -0.15) is 4.31 Å². The van der Waals surface area contributed by atoms with Gasteiger partial charge < -0.3 is 10.4 Å². The Balaban J connectivity index is 1.87. The second-order valence-electron chi connectivity index (χ2n) is 7.99. The Labute approximate surface area is 192 Å². The van der Waals surface area contributed by atoms with Crippen LogP contribution in [0.15, 0.2) is 47.5 Å². The van der Waals surface area contributed by atoms with Crippen LogP contribution in [0.25, 0.3) is 0 Å². The van der Waals surface area contributed by atoms with Gasteiger partial charge in [0.05, 0.1) is 12.6 Å². The predicted molar refractivity (Wildman–Crippen MR) is 120 cm³/mol. The summed E-state index contributed by atoms with van der Waals surface area (Å²) in [5.41, 5.74) is 1.01. The molecule has 10 heteroatoms. The maximum atomic E-state index is 14.8. The molecule has 1 saturated carbocycles. The molecule has 1 aliphatic rings. The van der Waals surface area contributed by atoms with Crippen LogP contribution in [0.4, 0.5) is 4.39 Å². The summed E-state index contributed by atoms with van der Waals surface area (Å²) >= 11 is 5.80. The van der Waals surface area contributed by atoms with Crippen LogP contribution in [-0.4, -0.2) is 53.6 Å². The molecule has 0 aliphatic heterocycles. The molecule has 2 aromatic rings. The number of carbonyl (C=O) groups excluding carboxylic acids is 1. The quantitative estimate of drug-likeness (QED) is 0.561. The highest BCUT2D eigenvalue weighted by Crippen LogP contribution is 2.31. The van der Waals surface area contributed by atoms with Crippen molar-refractivity contribution in [2.45, 2.75) is 62.3 Å². The van der Waals surface area contributed by atoms with Gasteiger partial charge in [-0.3, -0.25) is 4.79 Å². The van der Waals surface area contributed by atoms with Crippen molar-refractivity contribution in [3.05, 3.63) is 58.9 Å². The van der Waals surface area contributed by atoms with Crippen molar-refractivity contribution >= 4 is 27.5 Å². The number of nitrogens with zero attached hydrogens (tertiary/aromatic N) is 2. The van der Waals surface area contributed by atoms with Gasteiger partial charge in [0.15, 0.2) is 0 Å². The number of aromatic nitrogens is 1. The van der Waals surface area contributed by atoms with Crippen molar-refractivity contribution in [1.29, 1.82) is 0 Å². The molecule has 7 nitrogen and oxygen atoms in total. The van der Waals surface area contributed by atoms with Gasteiger partial charge in [0, 0.05) is 24.3 Å². The van der Waals surface area contributed by atoms with Crippen molar-refractivity contribution in [3.63, 3.8) is 0 Å². The lowest BCUT2D eigenvalue weighted by Gasteiger charge is -2.35. The predicted octanol–water partition coefficient (Wildman–Crippen LogP) is 3.32. The second kappa shape index (κ2) is 10.7. The first kappa shape index (κ1) is 24.6. The first-order valence-electron chi connectivity index (χ1n) is 10.5. The lowest BCUT2D eigenvalue weighted by molar-refractivity contribution is 0.0922. The molecule has 0 bridgehead atoms. The molecule has 2 N–H and O–H groups in total. The Hall–Kier alpha value is -2.07. The summed E-state index contributed by atoms with van der Waals surface area (Å²) in [5, 5.41) is 11.9. The van der Waals surface area contributed by atoms with Gasteiger partial charge in [0.1, 0.15) is 16.2 Å². The normalized spacial score (nSPS) is 20.2. The SMILES string of the molecule is CC(CO)NC(=O)c1ccc(CN(C2CCCC[C@H]2F)S(=O)(=O)c2ccc(Cl)nc2)cc1. The number of amides is 1. The summed E-state index contributed by atoms with van der Waals surface area (Å²) in [6, 6.07) is 8.05. The molecule has 174 valence electrons. The number of hydrogen-bond acceptors (Lipinski definition) is 5. The number of pyridine rings is 1. The number of benzene rings is 1. The topological polar surface area (TPSA) is 99.6 Å². The minimum absolute atomic E-state index is 0.0367. The monoisotopic (exact) mass is 483 g/mol. The first-order chi connectivity index (χ1) is 15.2. The zero-order chi connectivity index (χ0) is 23.3. The van der Waals surface area contributed by atoms with Crippen LogP contribution in [0.3, 0.4) is 0 Å². The number of sulfonamides is 1. The highest BCUT2D eigenvalue weighted by molar-refractivity contribution is 7.89. The van der Waals surface area contributed by atoms with E-state index in [2.05, 4.69) is 10.3 Å². The summed E-state index contributed by atoms with van der Waals surface area (Å²) in [6.45, 7) is 1.46. The average Bonchev–Trinajstić information content (AvgIpc) is 2.78. The number of nitrogens with one attached hydrogen (secondary N) is 1. The van der Waals surface area contributed by atoms with Crippen molar-refractivity contribution < 1.29 is 22.7 Å². The molecule has 0 saturated heterocycles. The third-order valence-electron chi connectivity index (χ3n) is 5.53. The van der Waals surface area contributed by atoms with E-state index < -0.39 is 22.2 Å². The van der Waals surface area contributed by atoms with Crippen LogP contribution < -0.4 is 5.32 Å². The molecule has 1 fully saturated rings. The fourth-order valence-electron chi connectivity index (χ4n) is 3.72. The number of hydrogen-bond donors (Lipinski definition) is 2. The molecule has 32 heavy (non-hydrogen) atoms. The van der Waals surface area contributed by atoms with Crippen LogP contribution in [0.2, 0.25) is 5.15 Å². The van der Waals surface area contributed by atoms with Crippen LogP contribution in [0, 0.1) is 0 Å². The Morgan fingerprint density at radius 1 is 1.25 bits per heavy atom. The number of aliphatic hydroxyl groups is 1. The first-order valence-corrected chi connectivity index (χ1v) is 12.3. The number of rotatable bonds is 8. The van der Waals surface area contributed by atoms with E-state index in [4.69, 9.17) is 16.7 Å². The van der Waals surface area contributed by atoms with Gasteiger partial charge in [0.2, 0.25) is 10.0 Å². The molecule has 3 atom stereocenters. The van der Waals surface area contributed by atoms with Gasteiger partial charge >= 0.3 is 0 Å². The highest BCUT2D eigenvalue weighted by Gasteiger charge is 2.38. The smallest absolute Gasteiger partial charge is 0.251 e. The van der Waals surface area contributed by atoms with Crippen LogP contribution in [0.5, 0.6) is 0 Å². The number of carbonyl (C=O) groups is 1. The lowest BCUT2D eigenvalue weighted by Crippen LogP contribution is -2.46. The minimum Gasteiger partial charge on any atom is -0.394 e. The molecular formula is C22H27ClFN3O4S. The van der Waals surface area contributed by atoms with Gasteiger partial charge in [-0.15, -0.1) is 0 Å². The third kappa shape index (κ3) is 5.83. The Morgan fingerprint density at radius 3 is 2.53 bits per heavy atom. The molecular weight excluding hydrogens is 457 g/mol. The van der Waals surface area contributed by atoms with Crippen molar-refractivity contribution in [2.24, 2.45) is 0 Å². The lowest BCUT2D eigenvalue weighted by atomic mass is 9.93. The van der Waals surface area contributed by atoms with Crippen molar-refractivity contribution in [3.8, 4) is 0 Å². The van der Waals surface area contributed by atoms with Crippen LogP contribution in [-0.2, 0) is 16.6 Å². The molecule has 3 rings (SSSR count). The van der Waals surface area contributed by atoms with Crippen LogP contribution in [0.1, 0.15) is 48.5 Å². The van der Waals surface area contributed by atoms with E-state index in [0.29, 0.717) is 24.0 Å². The standard InChI is InChI=1S/C22H27ClFN3O4S/c1-15(14-28)26-22(29)17-8-6-16(7-9-17)13-27(20-5-3-2-4-19(20)24)32(30,31)18-10-11-21(23)25-12-18/h6-12,15,19-20,28H,2-5,13-14H2,1H3,(H,26,29)/t15?,19-,20?/m1/s1. The highest BCUT2D eigenvalue weighted by atomic mass is 35.5. The number of aliphatic hydroxyl groups excluding tert-OH is 1. The fourth-order valence-corrected chi connectivity index (χ4v) is 5.44. The Kier molecular flexibility index (Phi) is 8.21. The van der Waals surface area contributed by atoms with E-state index in [1.54, 1.807) is 31.2 Å². The van der Waals surface area contributed by atoms with Gasteiger partial charge in [-0.25, -0.2) is 17.8 Å². The fraction of sp³-hybridized carbons (Fsp3) is 0.455. The largest absolute Gasteiger partial charge is 0.394 e. The average molecular weight is 484 g/mol. The van der Waals surface area contributed by atoms with E-state index >= 15 is 0 Å². The van der Waals surface area contributed by atoms with E-state index in [1.807, 2.05) is 0 Å². The molecule has 1 aliphatic carbocycles. The summed E-state index contributed by atoms with van der Waals surface area (Å²) in [4.78, 5) is 16.0. The van der Waals surface area contributed by atoms with E-state index in [9.17, 15) is 17.6 Å². The molecule has 1 aromatic carbocycles. The number of alkyl halides is 1. The molecule has 1 amide bonds. The maximum Gasteiger partial charge on any atom is 0.251 e. The van der Waals surface area contributed by atoms with E-state index in [-0.39, 0.29) is 35.1 Å². The molecule has 1 heterocycles. The Bertz CT molecular complexity index is 1020. The summed E-state index contributed by atoms with van der Waals surface area (Å²) < 4.78 is 42.8. The van der Waals surface area contributed by atoms with Gasteiger partial charge in [-0.05, 0) is 49.6 Å². The Morgan fingerprint density at radius 2 is 1.94 bits per heavy atom. The summed E-state index contributed by atoms with van der Waals surface area (Å²) in [7, 11) is -4.03. The molecule has 0 radical (unpaired) electrons. The summed E-state index contributed by atoms with van der Waals surface area (Å²) in [6.07, 6.45) is 2.14. The van der Waals surface area contributed by atoms with E-state index in [1.165, 1.54) is 22.6 Å². The zero-order valence-corrected chi connectivity index (χ0v) is 19.3. The second-order valence-corrected chi connectivity index (χ2v) is 10.3. The zero-order valence-electron chi connectivity index (χ0n) is 17.7. The van der Waals surface area contributed by atoms with Crippen LogP contribution >= 0.6 is 11.6 Å². The van der Waals surface area contributed by atoms with Gasteiger partial charge in [0.25, 0.3) is 5.91 Å². The molecule has 2 unspecified atom stereocenters. The maximum absolute atomic E-state index is 14.8. The molecule has 1 aromatic heterocycles. The van der Waals surface area contributed by atoms with E-state index in [0.717, 1.165) is 12.8 Å². The third-order valence-corrected chi connectivity index (χ3v) is 7.61. The minimum atomic E-state index is -4.03. The van der Waals surface area contributed by atoms with Crippen molar-refractivity contribution in [1.82, 2.24) is 14.6 Å².